The average molecular weight is 586 g/mol. The topological polar surface area (TPSA) is 174 Å². The summed E-state index contributed by atoms with van der Waals surface area (Å²) in [6.07, 6.45) is 7.65. The number of H-pyrrole nitrogens is 1. The van der Waals surface area contributed by atoms with Crippen LogP contribution in [0.1, 0.15) is 68.2 Å². The molecular formula is C31H43N3O8. The Bertz CT molecular complexity index is 1310. The fourth-order valence-electron chi connectivity index (χ4n) is 4.26. The van der Waals surface area contributed by atoms with Crippen LogP contribution in [0.25, 0.3) is 5.69 Å². The first-order valence-electron chi connectivity index (χ1n) is 14.2. The number of aromatic nitrogens is 2. The molecule has 2 aromatic carbocycles. The second kappa shape index (κ2) is 19.4. The van der Waals surface area contributed by atoms with E-state index in [4.69, 9.17) is 14.6 Å². The lowest BCUT2D eigenvalue weighted by Gasteiger charge is -2.14. The quantitative estimate of drug-likeness (QED) is 0.130. The molecule has 0 aliphatic carbocycles. The second-order valence-electron chi connectivity index (χ2n) is 9.90. The van der Waals surface area contributed by atoms with Gasteiger partial charge in [0.25, 0.3) is 11.5 Å². The van der Waals surface area contributed by atoms with Gasteiger partial charge in [0.15, 0.2) is 0 Å². The highest BCUT2D eigenvalue weighted by Gasteiger charge is 2.10. The molecule has 0 fully saturated rings. The van der Waals surface area contributed by atoms with Crippen LogP contribution in [0.15, 0.2) is 64.3 Å². The maximum absolute atomic E-state index is 12.0. The number of carbonyl (C=O) groups is 1. The molecule has 0 unspecified atom stereocenters. The molecule has 3 aromatic rings. The number of nitrogens with one attached hydrogen (secondary N) is 2. The van der Waals surface area contributed by atoms with Crippen molar-refractivity contribution < 1.29 is 30.0 Å². The van der Waals surface area contributed by atoms with Gasteiger partial charge in [-0.3, -0.25) is 9.59 Å². The van der Waals surface area contributed by atoms with E-state index >= 15 is 0 Å². The van der Waals surface area contributed by atoms with Gasteiger partial charge in [0.05, 0.1) is 18.4 Å². The van der Waals surface area contributed by atoms with Crippen LogP contribution in [0.4, 0.5) is 0 Å². The van der Waals surface area contributed by atoms with Crippen LogP contribution in [0.2, 0.25) is 0 Å². The number of unbranched alkanes of at least 4 members (excludes halogenated alkanes) is 4. The molecule has 3 rings (SSSR count). The lowest BCUT2D eigenvalue weighted by atomic mass is 10.1. The Hall–Kier alpha value is -3.77. The smallest absolute Gasteiger partial charge is 0.332 e. The summed E-state index contributed by atoms with van der Waals surface area (Å²) >= 11 is 0. The van der Waals surface area contributed by atoms with Crippen LogP contribution >= 0.6 is 0 Å². The highest BCUT2D eigenvalue weighted by Crippen LogP contribution is 2.22. The van der Waals surface area contributed by atoms with E-state index in [1.54, 1.807) is 18.2 Å². The maximum atomic E-state index is 12.0. The first kappa shape index (κ1) is 34.4. The van der Waals surface area contributed by atoms with Crippen LogP contribution in [-0.2, 0) is 22.6 Å². The van der Waals surface area contributed by atoms with E-state index in [9.17, 15) is 24.9 Å². The van der Waals surface area contributed by atoms with Gasteiger partial charge < -0.3 is 35.5 Å². The third-order valence-electron chi connectivity index (χ3n) is 6.42. The molecule has 0 saturated heterocycles. The van der Waals surface area contributed by atoms with Crippen LogP contribution in [0, 0.1) is 0 Å². The number of aryl methyl sites for hydroxylation is 1. The Balaban J connectivity index is 0.00000144. The molecule has 42 heavy (non-hydrogen) atoms. The first-order chi connectivity index (χ1) is 20.2. The Morgan fingerprint density at radius 1 is 1.00 bits per heavy atom. The molecule has 0 aliphatic rings. The van der Waals surface area contributed by atoms with Gasteiger partial charge in [-0.05, 0) is 74.0 Å². The van der Waals surface area contributed by atoms with E-state index in [0.29, 0.717) is 30.0 Å². The predicted molar refractivity (Wildman–Crippen MR) is 160 cm³/mol. The summed E-state index contributed by atoms with van der Waals surface area (Å²) in [6, 6.07) is 13.6. The fraction of sp³-hybridized carbons (Fsp3) is 0.452. The largest absolute Gasteiger partial charge is 0.508 e. The van der Waals surface area contributed by atoms with Gasteiger partial charge in [-0.1, -0.05) is 31.0 Å². The van der Waals surface area contributed by atoms with Crippen LogP contribution in [0.5, 0.6) is 5.75 Å². The molecule has 0 aliphatic heterocycles. The fourth-order valence-corrected chi connectivity index (χ4v) is 4.26. The normalized spacial score (nSPS) is 11.5. The first-order valence-corrected chi connectivity index (χ1v) is 14.2. The van der Waals surface area contributed by atoms with Crippen LogP contribution in [-0.4, -0.2) is 62.2 Å². The number of rotatable bonds is 17. The number of aromatic hydroxyl groups is 1. The number of carboxylic acids is 1. The van der Waals surface area contributed by atoms with E-state index in [1.807, 2.05) is 18.2 Å². The van der Waals surface area contributed by atoms with Crippen molar-refractivity contribution in [3.05, 3.63) is 92.3 Å². The highest BCUT2D eigenvalue weighted by atomic mass is 16.5. The molecule has 1 heterocycles. The Morgan fingerprint density at radius 3 is 2.43 bits per heavy atom. The zero-order valence-electron chi connectivity index (χ0n) is 24.1. The molecule has 11 nitrogen and oxygen atoms in total. The summed E-state index contributed by atoms with van der Waals surface area (Å²) in [6.45, 7) is 3.52. The molecular weight excluding hydrogens is 542 g/mol. The summed E-state index contributed by atoms with van der Waals surface area (Å²) in [5.74, 6) is -0.801. The van der Waals surface area contributed by atoms with E-state index in [2.05, 4.69) is 10.3 Å². The summed E-state index contributed by atoms with van der Waals surface area (Å²) in [5.41, 5.74) is 1.95. The number of nitrogens with zero attached hydrogens (tertiary/aromatic N) is 1. The summed E-state index contributed by atoms with van der Waals surface area (Å²) in [4.78, 5) is 35.5. The average Bonchev–Trinajstić information content (AvgIpc) is 2.95. The predicted octanol–water partition coefficient (Wildman–Crippen LogP) is 3.04. The standard InChI is InChI=1S/C29H39N3O6.C2H4O2/c33-21-24-19-23(11-12-26(24)34)27(35)20-30-14-4-1-2-5-16-38-17-6-3-8-22-9-7-10-25(18-22)32-28(36)13-15-31-29(32)37;1-2(3)4/h7,9-13,15,18-19,27,30,33-35H,1-6,8,14,16-17,20-21H2,(H,31,37);1H3,(H,3,4)/t27-;/m0./s1. The number of carboxylic acid groups (broad SMARTS) is 1. The minimum absolute atomic E-state index is 0.0323. The van der Waals surface area contributed by atoms with Gasteiger partial charge in [-0.2, -0.15) is 0 Å². The van der Waals surface area contributed by atoms with Gasteiger partial charge in [-0.25, -0.2) is 9.36 Å². The zero-order valence-corrected chi connectivity index (χ0v) is 24.1. The number of aliphatic hydroxyl groups excluding tert-OH is 2. The van der Waals surface area contributed by atoms with Gasteiger partial charge in [0.1, 0.15) is 5.75 Å². The number of aliphatic carboxylic acids is 1. The monoisotopic (exact) mass is 585 g/mol. The van der Waals surface area contributed by atoms with E-state index < -0.39 is 17.8 Å². The van der Waals surface area contributed by atoms with Crippen molar-refractivity contribution in [2.45, 2.75) is 64.6 Å². The number of aromatic amines is 1. The zero-order chi connectivity index (χ0) is 30.7. The number of benzene rings is 2. The molecule has 0 radical (unpaired) electrons. The Kier molecular flexibility index (Phi) is 15.9. The van der Waals surface area contributed by atoms with Crippen LogP contribution in [0.3, 0.4) is 0 Å². The minimum Gasteiger partial charge on any atom is -0.508 e. The number of phenols is 1. The summed E-state index contributed by atoms with van der Waals surface area (Å²) < 4.78 is 6.89. The Labute approximate surface area is 245 Å². The molecule has 0 amide bonds. The molecule has 1 atom stereocenters. The molecule has 0 spiro atoms. The molecule has 0 saturated carbocycles. The van der Waals surface area contributed by atoms with Gasteiger partial charge in [-0.15, -0.1) is 0 Å². The SMILES string of the molecule is CC(=O)O.O=c1cc[nH]c(=O)n1-c1cccc(CCCCOCCCCCCNC[C@H](O)c2ccc(O)c(CO)c2)c1. The number of ether oxygens (including phenoxy) is 1. The molecule has 11 heteroatoms. The third-order valence-corrected chi connectivity index (χ3v) is 6.42. The number of hydrogen-bond donors (Lipinski definition) is 6. The third kappa shape index (κ3) is 12.8. The Morgan fingerprint density at radius 2 is 1.71 bits per heavy atom. The lowest BCUT2D eigenvalue weighted by molar-refractivity contribution is -0.134. The van der Waals surface area contributed by atoms with E-state index in [1.165, 1.54) is 18.3 Å². The molecule has 6 N–H and O–H groups in total. The maximum Gasteiger partial charge on any atom is 0.332 e. The van der Waals surface area contributed by atoms with Crippen molar-refractivity contribution in [3.8, 4) is 11.4 Å². The van der Waals surface area contributed by atoms with Crippen molar-refractivity contribution in [1.29, 1.82) is 0 Å². The van der Waals surface area contributed by atoms with E-state index in [0.717, 1.165) is 75.2 Å². The molecule has 230 valence electrons. The second-order valence-corrected chi connectivity index (χ2v) is 9.90. The van der Waals surface area contributed by atoms with E-state index in [-0.39, 0.29) is 17.9 Å². The van der Waals surface area contributed by atoms with Crippen molar-refractivity contribution in [2.24, 2.45) is 0 Å². The van der Waals surface area contributed by atoms with Crippen molar-refractivity contribution in [1.82, 2.24) is 14.9 Å². The van der Waals surface area contributed by atoms with Crippen molar-refractivity contribution in [2.75, 3.05) is 26.3 Å². The molecule has 1 aromatic heterocycles. The summed E-state index contributed by atoms with van der Waals surface area (Å²) in [5, 5.41) is 39.8. The van der Waals surface area contributed by atoms with Gasteiger partial charge in [0, 0.05) is 44.5 Å². The number of hydrogen-bond acceptors (Lipinski definition) is 8. The highest BCUT2D eigenvalue weighted by molar-refractivity contribution is 5.62. The minimum atomic E-state index is -0.833. The number of aliphatic hydroxyl groups is 2. The van der Waals surface area contributed by atoms with Crippen LogP contribution < -0.4 is 16.6 Å². The molecule has 0 bridgehead atoms. The lowest BCUT2D eigenvalue weighted by Crippen LogP contribution is -2.32. The van der Waals surface area contributed by atoms with Gasteiger partial charge in [0.2, 0.25) is 0 Å². The van der Waals surface area contributed by atoms with Crippen molar-refractivity contribution in [3.63, 3.8) is 0 Å². The van der Waals surface area contributed by atoms with Crippen molar-refractivity contribution >= 4 is 5.97 Å². The van der Waals surface area contributed by atoms with Gasteiger partial charge >= 0.3 is 5.69 Å². The summed E-state index contributed by atoms with van der Waals surface area (Å²) in [7, 11) is 0.